The molecule has 0 unspecified atom stereocenters. The molecule has 0 N–H and O–H groups in total. The molecule has 2 nitrogen and oxygen atoms in total. The van der Waals surface area contributed by atoms with Crippen LogP contribution in [0.5, 0.6) is 0 Å². The van der Waals surface area contributed by atoms with Crippen LogP contribution < -0.4 is 0 Å². The maximum atomic E-state index is 12.9. The largest absolute Gasteiger partial charge is 0.341 e. The van der Waals surface area contributed by atoms with Gasteiger partial charge in [-0.15, -0.1) is 0 Å². The van der Waals surface area contributed by atoms with Crippen LogP contribution in [0.3, 0.4) is 0 Å². The molecule has 0 bridgehead atoms. The van der Waals surface area contributed by atoms with E-state index in [9.17, 15) is 4.79 Å². The Bertz CT molecular complexity index is 530. The summed E-state index contributed by atoms with van der Waals surface area (Å²) < 4.78 is 0. The smallest absolute Gasteiger partial charge is 0.253 e. The average molecular weight is 303 g/mol. The van der Waals surface area contributed by atoms with Crippen molar-refractivity contribution in [1.82, 2.24) is 4.90 Å². The van der Waals surface area contributed by atoms with Gasteiger partial charge < -0.3 is 4.90 Å². The van der Waals surface area contributed by atoms with Crippen molar-refractivity contribution in [2.45, 2.75) is 66.7 Å². The van der Waals surface area contributed by atoms with E-state index in [-0.39, 0.29) is 16.7 Å². The fourth-order valence-electron chi connectivity index (χ4n) is 2.72. The molecule has 1 amide bonds. The van der Waals surface area contributed by atoms with Crippen LogP contribution in [0.15, 0.2) is 18.2 Å². The zero-order valence-electron chi connectivity index (χ0n) is 15.9. The molecule has 124 valence electrons. The van der Waals surface area contributed by atoms with Gasteiger partial charge in [0.15, 0.2) is 0 Å². The van der Waals surface area contributed by atoms with E-state index in [1.807, 2.05) is 18.0 Å². The predicted octanol–water partition coefficient (Wildman–Crippen LogP) is 5.23. The standard InChI is InChI=1S/C20H33NO/c1-14(2)15-10-11-16(17(12-15)20(6,7)8)18(22)21(9)13-19(3,4)5/h10-12,14H,13H2,1-9H3. The SMILES string of the molecule is CC(C)c1ccc(C(=O)N(C)CC(C)(C)C)c(C(C)(C)C)c1. The van der Waals surface area contributed by atoms with Crippen molar-refractivity contribution >= 4 is 5.91 Å². The molecule has 0 radical (unpaired) electrons. The van der Waals surface area contributed by atoms with E-state index in [2.05, 4.69) is 67.5 Å². The molecule has 0 aliphatic carbocycles. The highest BCUT2D eigenvalue weighted by Crippen LogP contribution is 2.30. The third kappa shape index (κ3) is 4.86. The Kier molecular flexibility index (Phi) is 5.48. The number of carbonyl (C=O) groups excluding carboxylic acids is 1. The van der Waals surface area contributed by atoms with Crippen LogP contribution in [0.1, 0.15) is 82.8 Å². The van der Waals surface area contributed by atoms with Gasteiger partial charge in [-0.2, -0.15) is 0 Å². The third-order valence-corrected chi connectivity index (χ3v) is 3.81. The molecule has 0 saturated heterocycles. The number of carbonyl (C=O) groups is 1. The van der Waals surface area contributed by atoms with E-state index < -0.39 is 0 Å². The van der Waals surface area contributed by atoms with Crippen molar-refractivity contribution in [3.8, 4) is 0 Å². The minimum Gasteiger partial charge on any atom is -0.341 e. The van der Waals surface area contributed by atoms with Crippen LogP contribution in [0, 0.1) is 5.41 Å². The second kappa shape index (κ2) is 6.44. The van der Waals surface area contributed by atoms with Crippen LogP contribution >= 0.6 is 0 Å². The number of hydrogen-bond donors (Lipinski definition) is 0. The Labute approximate surface area is 136 Å². The normalized spacial score (nSPS) is 12.6. The van der Waals surface area contributed by atoms with Gasteiger partial charge in [-0.1, -0.05) is 67.5 Å². The van der Waals surface area contributed by atoms with Crippen molar-refractivity contribution in [2.75, 3.05) is 13.6 Å². The van der Waals surface area contributed by atoms with Gasteiger partial charge in [0.05, 0.1) is 0 Å². The maximum absolute atomic E-state index is 12.9. The fraction of sp³-hybridized carbons (Fsp3) is 0.650. The maximum Gasteiger partial charge on any atom is 0.253 e. The first-order valence-corrected chi connectivity index (χ1v) is 8.23. The zero-order valence-corrected chi connectivity index (χ0v) is 15.9. The average Bonchev–Trinajstić information content (AvgIpc) is 2.33. The molecule has 0 spiro atoms. The highest BCUT2D eigenvalue weighted by atomic mass is 16.2. The molecule has 2 heteroatoms. The number of benzene rings is 1. The molecule has 22 heavy (non-hydrogen) atoms. The van der Waals surface area contributed by atoms with E-state index >= 15 is 0 Å². The molecule has 0 fully saturated rings. The van der Waals surface area contributed by atoms with Gasteiger partial charge in [0.1, 0.15) is 0 Å². The Morgan fingerprint density at radius 1 is 1.09 bits per heavy atom. The molecule has 1 rings (SSSR count). The minimum atomic E-state index is -0.0432. The van der Waals surface area contributed by atoms with Gasteiger partial charge in [0.2, 0.25) is 0 Å². The lowest BCUT2D eigenvalue weighted by Gasteiger charge is -2.30. The molecule has 0 aliphatic rings. The van der Waals surface area contributed by atoms with Crippen LogP contribution in [0.25, 0.3) is 0 Å². The van der Waals surface area contributed by atoms with Crippen molar-refractivity contribution < 1.29 is 4.79 Å². The third-order valence-electron chi connectivity index (χ3n) is 3.81. The van der Waals surface area contributed by atoms with E-state index in [1.54, 1.807) is 0 Å². The van der Waals surface area contributed by atoms with Gasteiger partial charge in [0.25, 0.3) is 5.91 Å². The summed E-state index contributed by atoms with van der Waals surface area (Å²) in [6.45, 7) is 18.1. The Balaban J connectivity index is 3.26. The summed E-state index contributed by atoms with van der Waals surface area (Å²) >= 11 is 0. The molecule has 0 aliphatic heterocycles. The molecule has 0 aromatic heterocycles. The summed E-state index contributed by atoms with van der Waals surface area (Å²) in [4.78, 5) is 14.7. The van der Waals surface area contributed by atoms with Crippen LogP contribution in [-0.2, 0) is 5.41 Å². The molecule has 0 saturated carbocycles. The minimum absolute atomic E-state index is 0.0432. The van der Waals surface area contributed by atoms with E-state index in [0.29, 0.717) is 5.92 Å². The Morgan fingerprint density at radius 3 is 2.05 bits per heavy atom. The predicted molar refractivity (Wildman–Crippen MR) is 95.6 cm³/mol. The second-order valence-corrected chi connectivity index (χ2v) is 8.93. The lowest BCUT2D eigenvalue weighted by atomic mass is 9.81. The molecule has 0 atom stereocenters. The van der Waals surface area contributed by atoms with Gasteiger partial charge in [-0.05, 0) is 33.9 Å². The first-order valence-electron chi connectivity index (χ1n) is 8.23. The lowest BCUT2D eigenvalue weighted by molar-refractivity contribution is 0.0743. The number of rotatable bonds is 3. The summed E-state index contributed by atoms with van der Waals surface area (Å²) in [6, 6.07) is 6.32. The van der Waals surface area contributed by atoms with E-state index in [4.69, 9.17) is 0 Å². The summed E-state index contributed by atoms with van der Waals surface area (Å²) in [5, 5.41) is 0. The van der Waals surface area contributed by atoms with Gasteiger partial charge in [-0.3, -0.25) is 4.79 Å². The monoisotopic (exact) mass is 303 g/mol. The van der Waals surface area contributed by atoms with Gasteiger partial charge >= 0.3 is 0 Å². The number of hydrogen-bond acceptors (Lipinski definition) is 1. The first kappa shape index (κ1) is 18.7. The van der Waals surface area contributed by atoms with E-state index in [0.717, 1.165) is 17.7 Å². The van der Waals surface area contributed by atoms with Crippen molar-refractivity contribution in [1.29, 1.82) is 0 Å². The summed E-state index contributed by atoms with van der Waals surface area (Å²) in [5.74, 6) is 0.590. The van der Waals surface area contributed by atoms with Gasteiger partial charge in [-0.25, -0.2) is 0 Å². The number of amides is 1. The molecular weight excluding hydrogens is 270 g/mol. The van der Waals surface area contributed by atoms with E-state index in [1.165, 1.54) is 5.56 Å². The van der Waals surface area contributed by atoms with Crippen molar-refractivity contribution in [3.05, 3.63) is 34.9 Å². The summed E-state index contributed by atoms with van der Waals surface area (Å²) in [6.07, 6.45) is 0. The van der Waals surface area contributed by atoms with Crippen molar-refractivity contribution in [2.24, 2.45) is 5.41 Å². The van der Waals surface area contributed by atoms with Crippen LogP contribution in [0.2, 0.25) is 0 Å². The zero-order chi connectivity index (χ0) is 17.3. The highest BCUT2D eigenvalue weighted by Gasteiger charge is 2.26. The Hall–Kier alpha value is -1.31. The van der Waals surface area contributed by atoms with Crippen molar-refractivity contribution in [3.63, 3.8) is 0 Å². The van der Waals surface area contributed by atoms with Crippen LogP contribution in [0.4, 0.5) is 0 Å². The number of nitrogens with zero attached hydrogens (tertiary/aromatic N) is 1. The topological polar surface area (TPSA) is 20.3 Å². The van der Waals surface area contributed by atoms with Gasteiger partial charge in [0, 0.05) is 19.2 Å². The Morgan fingerprint density at radius 2 is 1.64 bits per heavy atom. The second-order valence-electron chi connectivity index (χ2n) is 8.93. The fourth-order valence-corrected chi connectivity index (χ4v) is 2.72. The highest BCUT2D eigenvalue weighted by molar-refractivity contribution is 5.96. The first-order chi connectivity index (χ1) is 9.83. The quantitative estimate of drug-likeness (QED) is 0.749. The summed E-state index contributed by atoms with van der Waals surface area (Å²) in [5.41, 5.74) is 3.33. The molecule has 1 aromatic carbocycles. The lowest BCUT2D eigenvalue weighted by Crippen LogP contribution is -2.35. The molecule has 0 heterocycles. The van der Waals surface area contributed by atoms with Crippen LogP contribution in [-0.4, -0.2) is 24.4 Å². The summed E-state index contributed by atoms with van der Waals surface area (Å²) in [7, 11) is 1.90. The molecular formula is C20H33NO. The molecule has 1 aromatic rings.